The molecule has 1 aliphatic carbocycles. The van der Waals surface area contributed by atoms with Gasteiger partial charge in [-0.3, -0.25) is 9.59 Å². The number of benzene rings is 1. The highest BCUT2D eigenvalue weighted by Gasteiger charge is 2.49. The summed E-state index contributed by atoms with van der Waals surface area (Å²) >= 11 is 0. The van der Waals surface area contributed by atoms with Crippen molar-refractivity contribution in [3.8, 4) is 0 Å². The predicted octanol–water partition coefficient (Wildman–Crippen LogP) is 1.41. The molecule has 0 spiro atoms. The number of nitrogens with one attached hydrogen (secondary N) is 1. The molecule has 27 heavy (non-hydrogen) atoms. The smallest absolute Gasteiger partial charge is 0.226 e. The molecule has 4 rings (SSSR count). The van der Waals surface area contributed by atoms with E-state index in [0.717, 1.165) is 19.4 Å². The minimum atomic E-state index is -0.234. The van der Waals surface area contributed by atoms with Crippen LogP contribution in [0.5, 0.6) is 0 Å². The molecule has 7 heteroatoms. The van der Waals surface area contributed by atoms with Crippen LogP contribution in [0.3, 0.4) is 0 Å². The molecule has 146 valence electrons. The van der Waals surface area contributed by atoms with Gasteiger partial charge in [-0.15, -0.1) is 0 Å². The average molecular weight is 375 g/mol. The highest BCUT2D eigenvalue weighted by atomic mass is 19.1. The maximum absolute atomic E-state index is 13.9. The van der Waals surface area contributed by atoms with Gasteiger partial charge in [-0.1, -0.05) is 12.1 Å². The van der Waals surface area contributed by atoms with Crippen molar-refractivity contribution in [2.45, 2.75) is 25.4 Å². The van der Waals surface area contributed by atoms with Gasteiger partial charge in [-0.05, 0) is 31.4 Å². The van der Waals surface area contributed by atoms with E-state index in [1.807, 2.05) is 15.9 Å². The van der Waals surface area contributed by atoms with Crippen LogP contribution in [-0.4, -0.2) is 62.1 Å². The molecule has 0 bridgehead atoms. The lowest BCUT2D eigenvalue weighted by atomic mass is 10.2. The fraction of sp³-hybridized carbons (Fsp3) is 0.600. The van der Waals surface area contributed by atoms with E-state index in [0.29, 0.717) is 44.8 Å². The van der Waals surface area contributed by atoms with E-state index in [-0.39, 0.29) is 35.6 Å². The number of carbonyl (C=O) groups is 2. The van der Waals surface area contributed by atoms with Crippen molar-refractivity contribution < 1.29 is 18.7 Å². The van der Waals surface area contributed by atoms with Crippen molar-refractivity contribution in [2.24, 2.45) is 11.8 Å². The van der Waals surface area contributed by atoms with Crippen LogP contribution in [0.15, 0.2) is 24.3 Å². The number of ether oxygens (including phenoxy) is 1. The Hall–Kier alpha value is -2.15. The lowest BCUT2D eigenvalue weighted by Gasteiger charge is -2.36. The van der Waals surface area contributed by atoms with E-state index >= 15 is 0 Å². The van der Waals surface area contributed by atoms with Gasteiger partial charge < -0.3 is 19.9 Å². The number of nitrogens with zero attached hydrogens (tertiary/aromatic N) is 2. The summed E-state index contributed by atoms with van der Waals surface area (Å²) < 4.78 is 19.4. The van der Waals surface area contributed by atoms with Crippen LogP contribution in [0.4, 0.5) is 10.1 Å². The molecule has 6 nitrogen and oxygen atoms in total. The van der Waals surface area contributed by atoms with Crippen LogP contribution in [-0.2, 0) is 14.3 Å². The van der Waals surface area contributed by atoms with Crippen LogP contribution < -0.4 is 10.2 Å². The monoisotopic (exact) mass is 375 g/mol. The predicted molar refractivity (Wildman–Crippen MR) is 98.8 cm³/mol. The zero-order valence-corrected chi connectivity index (χ0v) is 15.4. The minimum Gasteiger partial charge on any atom is -0.376 e. The summed E-state index contributed by atoms with van der Waals surface area (Å²) in [4.78, 5) is 28.7. The third-order valence-electron chi connectivity index (χ3n) is 5.76. The number of carbonyl (C=O) groups excluding carboxylic acids is 2. The summed E-state index contributed by atoms with van der Waals surface area (Å²) in [6.45, 7) is 3.65. The first-order valence-corrected chi connectivity index (χ1v) is 9.81. The van der Waals surface area contributed by atoms with Gasteiger partial charge in [-0.25, -0.2) is 4.39 Å². The van der Waals surface area contributed by atoms with Crippen molar-refractivity contribution in [3.63, 3.8) is 0 Å². The van der Waals surface area contributed by atoms with E-state index in [9.17, 15) is 14.0 Å². The maximum atomic E-state index is 13.9. The Balaban J connectivity index is 1.23. The molecule has 2 heterocycles. The highest BCUT2D eigenvalue weighted by Crippen LogP contribution is 2.40. The molecule has 3 fully saturated rings. The second-order valence-corrected chi connectivity index (χ2v) is 7.59. The Bertz CT molecular complexity index is 699. The Morgan fingerprint density at radius 3 is 2.63 bits per heavy atom. The number of para-hydroxylation sites is 1. The number of hydrogen-bond donors (Lipinski definition) is 1. The molecule has 2 amide bonds. The van der Waals surface area contributed by atoms with Crippen LogP contribution in [0.25, 0.3) is 0 Å². The molecule has 3 unspecified atom stereocenters. The summed E-state index contributed by atoms with van der Waals surface area (Å²) in [7, 11) is 0. The van der Waals surface area contributed by atoms with Gasteiger partial charge in [0.05, 0.1) is 23.6 Å². The van der Waals surface area contributed by atoms with Crippen LogP contribution in [0.2, 0.25) is 0 Å². The lowest BCUT2D eigenvalue weighted by Crippen LogP contribution is -2.49. The van der Waals surface area contributed by atoms with Crippen LogP contribution in [0, 0.1) is 17.7 Å². The van der Waals surface area contributed by atoms with Crippen molar-refractivity contribution in [3.05, 3.63) is 30.1 Å². The SMILES string of the molecule is O=C(NCC1CCCO1)C1CC1C(=O)N1CCN(c2ccccc2F)CC1. The molecule has 1 saturated carbocycles. The molecule has 1 aromatic rings. The Morgan fingerprint density at radius 2 is 1.93 bits per heavy atom. The summed E-state index contributed by atoms with van der Waals surface area (Å²) in [5.74, 6) is -0.616. The summed E-state index contributed by atoms with van der Waals surface area (Å²) in [6.07, 6.45) is 2.78. The molecule has 0 radical (unpaired) electrons. The second-order valence-electron chi connectivity index (χ2n) is 7.59. The zero-order valence-electron chi connectivity index (χ0n) is 15.4. The Labute approximate surface area is 158 Å². The largest absolute Gasteiger partial charge is 0.376 e. The molecule has 3 atom stereocenters. The van der Waals surface area contributed by atoms with Gasteiger partial charge in [0.25, 0.3) is 0 Å². The summed E-state index contributed by atoms with van der Waals surface area (Å²) in [5.41, 5.74) is 0.586. The van der Waals surface area contributed by atoms with Crippen molar-refractivity contribution in [2.75, 3.05) is 44.2 Å². The number of hydrogen-bond acceptors (Lipinski definition) is 4. The van der Waals surface area contributed by atoms with Gasteiger partial charge in [0.2, 0.25) is 11.8 Å². The van der Waals surface area contributed by atoms with Gasteiger partial charge >= 0.3 is 0 Å². The highest BCUT2D eigenvalue weighted by molar-refractivity contribution is 5.92. The lowest BCUT2D eigenvalue weighted by molar-refractivity contribution is -0.135. The van der Waals surface area contributed by atoms with Crippen LogP contribution >= 0.6 is 0 Å². The Kier molecular flexibility index (Phi) is 5.29. The molecule has 1 aromatic carbocycles. The molecule has 0 aromatic heterocycles. The van der Waals surface area contributed by atoms with Gasteiger partial charge in [0, 0.05) is 39.3 Å². The average Bonchev–Trinajstić information content (AvgIpc) is 3.33. The molecular weight excluding hydrogens is 349 g/mol. The van der Waals surface area contributed by atoms with Crippen molar-refractivity contribution in [1.82, 2.24) is 10.2 Å². The first kappa shape index (κ1) is 18.2. The van der Waals surface area contributed by atoms with Crippen LogP contribution in [0.1, 0.15) is 19.3 Å². The third kappa shape index (κ3) is 4.08. The first-order valence-electron chi connectivity index (χ1n) is 9.81. The molecule has 2 aliphatic heterocycles. The van der Waals surface area contributed by atoms with E-state index in [1.165, 1.54) is 6.07 Å². The second kappa shape index (κ2) is 7.84. The maximum Gasteiger partial charge on any atom is 0.226 e. The molecule has 1 N–H and O–H groups in total. The van der Waals surface area contributed by atoms with E-state index < -0.39 is 0 Å². The van der Waals surface area contributed by atoms with E-state index in [2.05, 4.69) is 5.32 Å². The zero-order chi connectivity index (χ0) is 18.8. The van der Waals surface area contributed by atoms with E-state index in [1.54, 1.807) is 12.1 Å². The van der Waals surface area contributed by atoms with Gasteiger partial charge in [0.15, 0.2) is 0 Å². The van der Waals surface area contributed by atoms with Gasteiger partial charge in [0.1, 0.15) is 5.82 Å². The Morgan fingerprint density at radius 1 is 1.15 bits per heavy atom. The number of rotatable bonds is 5. The third-order valence-corrected chi connectivity index (χ3v) is 5.76. The number of halogens is 1. The number of piperazine rings is 1. The van der Waals surface area contributed by atoms with Crippen molar-refractivity contribution >= 4 is 17.5 Å². The quantitative estimate of drug-likeness (QED) is 0.845. The normalized spacial score (nSPS) is 27.5. The van der Waals surface area contributed by atoms with Crippen molar-refractivity contribution in [1.29, 1.82) is 0 Å². The fourth-order valence-electron chi connectivity index (χ4n) is 4.02. The molecule has 2 saturated heterocycles. The summed E-state index contributed by atoms with van der Waals surface area (Å²) in [5, 5.41) is 2.92. The van der Waals surface area contributed by atoms with E-state index in [4.69, 9.17) is 4.74 Å². The molecular formula is C20H26FN3O3. The summed E-state index contributed by atoms with van der Waals surface area (Å²) in [6, 6.07) is 6.72. The fourth-order valence-corrected chi connectivity index (χ4v) is 4.02. The standard InChI is InChI=1S/C20H26FN3O3/c21-17-5-1-2-6-18(17)23-7-9-24(10-8-23)20(26)16-12-15(16)19(25)22-13-14-4-3-11-27-14/h1-2,5-6,14-16H,3-4,7-13H2,(H,22,25). The number of anilines is 1. The topological polar surface area (TPSA) is 61.9 Å². The molecule has 3 aliphatic rings. The number of amides is 2. The first-order chi connectivity index (χ1) is 13.1. The minimum absolute atomic E-state index is 0.0335. The van der Waals surface area contributed by atoms with Gasteiger partial charge in [-0.2, -0.15) is 0 Å².